The summed E-state index contributed by atoms with van der Waals surface area (Å²) in [5.41, 5.74) is 2.45. The van der Waals surface area contributed by atoms with E-state index >= 15 is 0 Å². The number of imidazole rings is 1. The molecule has 4 rings (SSSR count). The number of likely N-dealkylation sites (tertiary alicyclic amines) is 1. The van der Waals surface area contributed by atoms with E-state index in [0.29, 0.717) is 18.3 Å². The van der Waals surface area contributed by atoms with Gasteiger partial charge in [-0.2, -0.15) is 0 Å². The van der Waals surface area contributed by atoms with Gasteiger partial charge in [-0.15, -0.1) is 0 Å². The summed E-state index contributed by atoms with van der Waals surface area (Å²) in [5, 5.41) is 0. The molecule has 0 spiro atoms. The molecule has 2 aliphatic rings. The molecule has 1 saturated carbocycles. The summed E-state index contributed by atoms with van der Waals surface area (Å²) in [6, 6.07) is 8.03. The van der Waals surface area contributed by atoms with Crippen molar-refractivity contribution in [2.75, 3.05) is 20.2 Å². The van der Waals surface area contributed by atoms with E-state index in [-0.39, 0.29) is 5.91 Å². The Morgan fingerprint density at radius 1 is 1.17 bits per heavy atom. The van der Waals surface area contributed by atoms with Crippen molar-refractivity contribution in [1.82, 2.24) is 14.5 Å². The molecule has 29 heavy (non-hydrogen) atoms. The summed E-state index contributed by atoms with van der Waals surface area (Å²) in [6.45, 7) is 4.94. The minimum absolute atomic E-state index is 0.284. The Labute approximate surface area is 174 Å². The molecule has 1 saturated heterocycles. The van der Waals surface area contributed by atoms with Gasteiger partial charge in [0.05, 0.1) is 7.11 Å². The number of carbonyl (C=O) groups excluding carboxylic acids is 1. The highest BCUT2D eigenvalue weighted by atomic mass is 16.5. The number of hydrogen-bond acceptors (Lipinski definition) is 3. The summed E-state index contributed by atoms with van der Waals surface area (Å²) in [5.74, 6) is 3.59. The van der Waals surface area contributed by atoms with E-state index in [4.69, 9.17) is 9.72 Å². The Morgan fingerprint density at radius 2 is 1.97 bits per heavy atom. The van der Waals surface area contributed by atoms with Gasteiger partial charge in [0.25, 0.3) is 0 Å². The highest BCUT2D eigenvalue weighted by Crippen LogP contribution is 2.36. The molecule has 0 N–H and O–H groups in total. The molecule has 1 amide bonds. The number of aromatic nitrogens is 2. The van der Waals surface area contributed by atoms with Crippen molar-refractivity contribution in [2.45, 2.75) is 64.3 Å². The Balaban J connectivity index is 1.32. The molecule has 2 heterocycles. The molecule has 1 aliphatic carbocycles. The van der Waals surface area contributed by atoms with E-state index in [1.807, 2.05) is 18.3 Å². The van der Waals surface area contributed by atoms with Gasteiger partial charge in [-0.25, -0.2) is 4.98 Å². The molecule has 1 aromatic heterocycles. The molecule has 1 unspecified atom stereocenters. The zero-order valence-electron chi connectivity index (χ0n) is 17.8. The first-order valence-corrected chi connectivity index (χ1v) is 11.1. The summed E-state index contributed by atoms with van der Waals surface area (Å²) in [4.78, 5) is 19.6. The van der Waals surface area contributed by atoms with Crippen LogP contribution >= 0.6 is 0 Å². The lowest BCUT2D eigenvalue weighted by molar-refractivity contribution is -0.133. The molecule has 0 radical (unpaired) electrons. The lowest BCUT2D eigenvalue weighted by atomic mass is 9.84. The molecule has 1 atom stereocenters. The van der Waals surface area contributed by atoms with Crippen LogP contribution < -0.4 is 4.74 Å². The van der Waals surface area contributed by atoms with Gasteiger partial charge in [0.15, 0.2) is 0 Å². The predicted octanol–water partition coefficient (Wildman–Crippen LogP) is 4.34. The first-order valence-electron chi connectivity index (χ1n) is 11.1. The molecule has 1 aromatic carbocycles. The maximum absolute atomic E-state index is 12.8. The van der Waals surface area contributed by atoms with Crippen LogP contribution in [-0.4, -0.2) is 40.6 Å². The molecule has 1 aliphatic heterocycles. The lowest BCUT2D eigenvalue weighted by Gasteiger charge is -2.34. The SMILES string of the molecule is COc1ccc(CCC(=O)N2CCCC(Cn3c(C)cnc3C3CCC3)C2)cc1. The zero-order valence-corrected chi connectivity index (χ0v) is 17.8. The number of carbonyl (C=O) groups is 1. The van der Waals surface area contributed by atoms with E-state index in [1.165, 1.54) is 42.8 Å². The first kappa shape index (κ1) is 20.0. The molecule has 2 fully saturated rings. The summed E-state index contributed by atoms with van der Waals surface area (Å²) < 4.78 is 7.64. The Hall–Kier alpha value is -2.30. The van der Waals surface area contributed by atoms with Crippen molar-refractivity contribution in [3.8, 4) is 5.75 Å². The van der Waals surface area contributed by atoms with Gasteiger partial charge >= 0.3 is 0 Å². The normalized spacial score (nSPS) is 19.8. The van der Waals surface area contributed by atoms with Crippen molar-refractivity contribution >= 4 is 5.91 Å². The summed E-state index contributed by atoms with van der Waals surface area (Å²) in [6.07, 6.45) is 9.57. The second-order valence-electron chi connectivity index (χ2n) is 8.69. The number of benzene rings is 1. The van der Waals surface area contributed by atoms with Crippen molar-refractivity contribution in [3.05, 3.63) is 47.5 Å². The number of nitrogens with zero attached hydrogens (tertiary/aromatic N) is 3. The van der Waals surface area contributed by atoms with Crippen LogP contribution in [0.2, 0.25) is 0 Å². The number of rotatable bonds is 7. The van der Waals surface area contributed by atoms with Gasteiger partial charge in [0, 0.05) is 43.9 Å². The van der Waals surface area contributed by atoms with Crippen molar-refractivity contribution in [1.29, 1.82) is 0 Å². The molecule has 0 bridgehead atoms. The van der Waals surface area contributed by atoms with Crippen LogP contribution in [0.15, 0.2) is 30.5 Å². The van der Waals surface area contributed by atoms with E-state index in [2.05, 4.69) is 28.5 Å². The van der Waals surface area contributed by atoms with Crippen molar-refractivity contribution in [2.24, 2.45) is 5.92 Å². The number of aryl methyl sites for hydroxylation is 2. The quantitative estimate of drug-likeness (QED) is 0.701. The fourth-order valence-electron chi connectivity index (χ4n) is 4.61. The highest BCUT2D eigenvalue weighted by molar-refractivity contribution is 5.76. The van der Waals surface area contributed by atoms with Gasteiger partial charge in [-0.05, 0) is 62.6 Å². The third-order valence-corrected chi connectivity index (χ3v) is 6.66. The van der Waals surface area contributed by atoms with Crippen LogP contribution in [0.5, 0.6) is 5.75 Å². The Bertz CT molecular complexity index is 823. The summed E-state index contributed by atoms with van der Waals surface area (Å²) >= 11 is 0. The standard InChI is InChI=1S/C24H33N3O2/c1-18-15-25-24(21-6-3-7-21)27(18)17-20-5-4-14-26(16-20)23(28)13-10-19-8-11-22(29-2)12-9-19/h8-9,11-12,15,20-21H,3-7,10,13-14,16-17H2,1-2H3. The average molecular weight is 396 g/mol. The van der Waals surface area contributed by atoms with Crippen molar-refractivity contribution < 1.29 is 9.53 Å². The van der Waals surface area contributed by atoms with Crippen LogP contribution in [0.1, 0.15) is 61.5 Å². The molecular formula is C24H33N3O2. The van der Waals surface area contributed by atoms with Crippen LogP contribution in [0, 0.1) is 12.8 Å². The lowest BCUT2D eigenvalue weighted by Crippen LogP contribution is -2.41. The Kier molecular flexibility index (Phi) is 6.22. The van der Waals surface area contributed by atoms with E-state index < -0.39 is 0 Å². The maximum Gasteiger partial charge on any atom is 0.222 e. The van der Waals surface area contributed by atoms with Gasteiger partial charge in [-0.1, -0.05) is 18.6 Å². The molecule has 5 heteroatoms. The van der Waals surface area contributed by atoms with Crippen LogP contribution in [-0.2, 0) is 17.8 Å². The van der Waals surface area contributed by atoms with E-state index in [1.54, 1.807) is 7.11 Å². The Morgan fingerprint density at radius 3 is 2.66 bits per heavy atom. The van der Waals surface area contributed by atoms with Crippen LogP contribution in [0.4, 0.5) is 0 Å². The van der Waals surface area contributed by atoms with Crippen LogP contribution in [0.3, 0.4) is 0 Å². The molecule has 156 valence electrons. The van der Waals surface area contributed by atoms with Crippen molar-refractivity contribution in [3.63, 3.8) is 0 Å². The zero-order chi connectivity index (χ0) is 20.2. The largest absolute Gasteiger partial charge is 0.497 e. The number of methoxy groups -OCH3 is 1. The number of amides is 1. The fourth-order valence-corrected chi connectivity index (χ4v) is 4.61. The van der Waals surface area contributed by atoms with Gasteiger partial charge < -0.3 is 14.2 Å². The average Bonchev–Trinajstić information content (AvgIpc) is 3.05. The topological polar surface area (TPSA) is 47.4 Å². The second kappa shape index (κ2) is 9.02. The smallest absolute Gasteiger partial charge is 0.222 e. The number of piperidine rings is 1. The number of ether oxygens (including phenoxy) is 1. The monoisotopic (exact) mass is 395 g/mol. The third kappa shape index (κ3) is 4.65. The van der Waals surface area contributed by atoms with Gasteiger partial charge in [0.1, 0.15) is 11.6 Å². The van der Waals surface area contributed by atoms with Crippen LogP contribution in [0.25, 0.3) is 0 Å². The van der Waals surface area contributed by atoms with Gasteiger partial charge in [0.2, 0.25) is 5.91 Å². The number of hydrogen-bond donors (Lipinski definition) is 0. The summed E-state index contributed by atoms with van der Waals surface area (Å²) in [7, 11) is 1.67. The van der Waals surface area contributed by atoms with E-state index in [0.717, 1.165) is 38.2 Å². The maximum atomic E-state index is 12.8. The highest BCUT2D eigenvalue weighted by Gasteiger charge is 2.28. The third-order valence-electron chi connectivity index (χ3n) is 6.66. The fraction of sp³-hybridized carbons (Fsp3) is 0.583. The molecule has 5 nitrogen and oxygen atoms in total. The first-order chi connectivity index (χ1) is 14.1. The molecular weight excluding hydrogens is 362 g/mol. The second-order valence-corrected chi connectivity index (χ2v) is 8.69. The predicted molar refractivity (Wildman–Crippen MR) is 114 cm³/mol. The minimum Gasteiger partial charge on any atom is -0.497 e. The minimum atomic E-state index is 0.284. The molecule has 2 aromatic rings. The van der Waals surface area contributed by atoms with E-state index in [9.17, 15) is 4.79 Å². The van der Waals surface area contributed by atoms with Gasteiger partial charge in [-0.3, -0.25) is 4.79 Å².